The molecule has 6 unspecified atom stereocenters. The van der Waals surface area contributed by atoms with Gasteiger partial charge in [-0.2, -0.15) is 0 Å². The molecule has 546 valence electrons. The molecule has 0 spiro atoms. The van der Waals surface area contributed by atoms with Crippen LogP contribution in [0.2, 0.25) is 0 Å². The molecule has 0 saturated heterocycles. The molecule has 0 heterocycles. The molecule has 8 fully saturated rings. The van der Waals surface area contributed by atoms with Crippen LogP contribution in [0.3, 0.4) is 0 Å². The molecule has 26 atom stereocenters. The van der Waals surface area contributed by atoms with Crippen molar-refractivity contribution in [2.75, 3.05) is 41.7 Å². The van der Waals surface area contributed by atoms with Gasteiger partial charge in [-0.15, -0.1) is 0 Å². The van der Waals surface area contributed by atoms with E-state index >= 15 is 0 Å². The zero-order valence-electron chi connectivity index (χ0n) is 63.8. The lowest BCUT2D eigenvalue weighted by atomic mass is 9.76. The van der Waals surface area contributed by atoms with Gasteiger partial charge in [-0.3, -0.25) is 9.59 Å². The maximum absolute atomic E-state index is 12.1. The average molecular weight is 1320 g/mol. The Morgan fingerprint density at radius 2 is 0.606 bits per heavy atom. The summed E-state index contributed by atoms with van der Waals surface area (Å²) in [6.07, 6.45) is 60.1. The number of ether oxygens (including phenoxy) is 2. The lowest BCUT2D eigenvalue weighted by Gasteiger charge is -2.30. The molecule has 8 saturated carbocycles. The SMILES string of the molecule is COOCC[C@H]1CCC([C@H]2CC[C@H]([C@H](C)CC(C)C[C@@H](CC[C@@H](C)CCC[C@@H](C)[C@H]3CC[C@H](C4CC[C@H](CC(=O)OC)C4)C3)CC[C@H](CC[C@@H](C)CCC[C@@H](C)[C@H]3CC[C@H](C4CC[C@H](CC(=O)OC)C4)C3)CC(C)C[C@@H](C)[C@H]3CC[C@H](C4CC[C@H](CCOOC)C4)C3)C2)C1. The number of esters is 2. The smallest absolute Gasteiger partial charge is 0.305 e. The van der Waals surface area contributed by atoms with Crippen molar-refractivity contribution in [2.24, 2.45) is 154 Å². The Hall–Kier alpha value is -1.22. The molecule has 94 heavy (non-hydrogen) atoms. The van der Waals surface area contributed by atoms with Crippen LogP contribution in [-0.2, 0) is 38.6 Å². The molecule has 0 aromatic heterocycles. The molecular weight excluding hydrogens is 1160 g/mol. The van der Waals surface area contributed by atoms with Crippen LogP contribution in [0.5, 0.6) is 0 Å². The first-order valence-corrected chi connectivity index (χ1v) is 41.9. The second kappa shape index (κ2) is 41.6. The molecule has 0 bridgehead atoms. The molecule has 0 amide bonds. The van der Waals surface area contributed by atoms with Crippen molar-refractivity contribution in [1.82, 2.24) is 0 Å². The topological polar surface area (TPSA) is 89.5 Å². The third kappa shape index (κ3) is 26.0. The van der Waals surface area contributed by atoms with Crippen molar-refractivity contribution in [2.45, 2.75) is 338 Å². The Balaban J connectivity index is 0.848. The fourth-order valence-electron chi connectivity index (χ4n) is 23.9. The van der Waals surface area contributed by atoms with E-state index in [-0.39, 0.29) is 11.9 Å². The van der Waals surface area contributed by atoms with Crippen LogP contribution in [0.1, 0.15) is 338 Å². The average Bonchev–Trinajstić information content (AvgIpc) is 1.75. The minimum Gasteiger partial charge on any atom is -0.469 e. The molecule has 8 nitrogen and oxygen atoms in total. The zero-order chi connectivity index (χ0) is 66.9. The molecule has 0 aliphatic heterocycles. The van der Waals surface area contributed by atoms with Crippen molar-refractivity contribution in [3.05, 3.63) is 0 Å². The first kappa shape index (κ1) is 78.5. The van der Waals surface area contributed by atoms with Gasteiger partial charge >= 0.3 is 11.9 Å². The van der Waals surface area contributed by atoms with E-state index in [9.17, 15) is 9.59 Å². The number of hydrogen-bond donors (Lipinski definition) is 0. The lowest BCUT2D eigenvalue weighted by molar-refractivity contribution is -0.274. The van der Waals surface area contributed by atoms with Gasteiger partial charge in [-0.1, -0.05) is 145 Å². The molecule has 0 aromatic rings. The molecule has 8 aliphatic rings. The number of rotatable bonds is 45. The fraction of sp³-hybridized carbons (Fsp3) is 0.977. The first-order chi connectivity index (χ1) is 45.4. The summed E-state index contributed by atoms with van der Waals surface area (Å²) in [7, 11) is 6.40. The van der Waals surface area contributed by atoms with Crippen molar-refractivity contribution in [1.29, 1.82) is 0 Å². The summed E-state index contributed by atoms with van der Waals surface area (Å²) in [6.45, 7) is 22.7. The summed E-state index contributed by atoms with van der Waals surface area (Å²) in [4.78, 5) is 44.6. The Morgan fingerprint density at radius 1 is 0.309 bits per heavy atom. The summed E-state index contributed by atoms with van der Waals surface area (Å²) in [5.74, 6) is 22.0. The zero-order valence-corrected chi connectivity index (χ0v) is 63.8. The lowest BCUT2D eigenvalue weighted by Crippen LogP contribution is -2.18. The fourth-order valence-corrected chi connectivity index (χ4v) is 23.9. The second-order valence-electron chi connectivity index (χ2n) is 36.8. The van der Waals surface area contributed by atoms with Gasteiger partial charge in [0, 0.05) is 12.8 Å². The van der Waals surface area contributed by atoms with Crippen LogP contribution < -0.4 is 0 Å². The maximum atomic E-state index is 12.1. The van der Waals surface area contributed by atoms with Crippen molar-refractivity contribution >= 4 is 11.9 Å². The second-order valence-corrected chi connectivity index (χ2v) is 36.8. The monoisotopic (exact) mass is 1320 g/mol. The van der Waals surface area contributed by atoms with Crippen molar-refractivity contribution < 1.29 is 38.6 Å². The maximum Gasteiger partial charge on any atom is 0.305 e. The summed E-state index contributed by atoms with van der Waals surface area (Å²) in [5, 5.41) is 0. The Morgan fingerprint density at radius 3 is 0.947 bits per heavy atom. The van der Waals surface area contributed by atoms with E-state index < -0.39 is 0 Å². The largest absolute Gasteiger partial charge is 0.469 e. The van der Waals surface area contributed by atoms with Crippen LogP contribution in [0, 0.1) is 154 Å². The summed E-state index contributed by atoms with van der Waals surface area (Å²) in [6, 6.07) is 0. The highest BCUT2D eigenvalue weighted by atomic mass is 17.2. The highest BCUT2D eigenvalue weighted by Gasteiger charge is 2.42. The van der Waals surface area contributed by atoms with E-state index in [0.29, 0.717) is 24.7 Å². The van der Waals surface area contributed by atoms with Crippen LogP contribution >= 0.6 is 0 Å². The summed E-state index contributed by atoms with van der Waals surface area (Å²) < 4.78 is 10.1. The van der Waals surface area contributed by atoms with Gasteiger partial charge < -0.3 is 9.47 Å². The van der Waals surface area contributed by atoms with Gasteiger partial charge in [0.1, 0.15) is 0 Å². The molecule has 0 radical (unpaired) electrons. The van der Waals surface area contributed by atoms with E-state index in [1.807, 2.05) is 0 Å². The van der Waals surface area contributed by atoms with E-state index in [1.165, 1.54) is 257 Å². The standard InChI is InChI=1S/C86H154O8/c1-59(15-13-17-63(5)73-33-37-81(55-73)79-31-27-71(51-79)53-85(87)89-9)19-21-67(47-61(3)45-65(7)75-35-39-83(57-75)77-29-25-69(49-77)41-43-93-91-11)23-24-68(48-62(4)46-66(8)76-36-40-84(58-76)78-30-26-70(50-78)42-44-94-92-12)22-20-60(2)16-14-18-64(6)74-34-38-82(56-74)80-32-28-72(52-80)54-86(88)90-10/h59-84H,13-58H2,1-12H3/t59-,60-,61?,62?,63+,64+,65+,66+,67-,68-,69+,70+,71-,72-,73-,74-,75-,76-,77?,78?,79?,80?,81-,82-,83-,84-/m0/s1. The number of carbonyl (C=O) groups is 2. The predicted molar refractivity (Wildman–Crippen MR) is 389 cm³/mol. The Bertz CT molecular complexity index is 1920. The van der Waals surface area contributed by atoms with Gasteiger partial charge in [0.25, 0.3) is 0 Å². The van der Waals surface area contributed by atoms with E-state index in [4.69, 9.17) is 29.0 Å². The van der Waals surface area contributed by atoms with Crippen LogP contribution in [-0.4, -0.2) is 53.6 Å². The molecule has 0 aromatic carbocycles. The van der Waals surface area contributed by atoms with E-state index in [1.54, 1.807) is 28.4 Å². The number of carbonyl (C=O) groups excluding carboxylic acids is 2. The minimum atomic E-state index is -0.00783. The number of hydrogen-bond acceptors (Lipinski definition) is 8. The van der Waals surface area contributed by atoms with Crippen LogP contribution in [0.15, 0.2) is 0 Å². The van der Waals surface area contributed by atoms with E-state index in [2.05, 4.69) is 55.4 Å². The number of methoxy groups -OCH3 is 2. The van der Waals surface area contributed by atoms with Gasteiger partial charge in [-0.05, 0) is 334 Å². The summed E-state index contributed by atoms with van der Waals surface area (Å²) >= 11 is 0. The highest BCUT2D eigenvalue weighted by Crippen LogP contribution is 2.53. The van der Waals surface area contributed by atoms with Gasteiger partial charge in [0.2, 0.25) is 0 Å². The normalized spacial score (nSPS) is 34.6. The first-order valence-electron chi connectivity index (χ1n) is 41.9. The minimum absolute atomic E-state index is 0.00783. The van der Waals surface area contributed by atoms with Crippen molar-refractivity contribution in [3.8, 4) is 0 Å². The van der Waals surface area contributed by atoms with Gasteiger partial charge in [0.05, 0.1) is 41.7 Å². The van der Waals surface area contributed by atoms with E-state index in [0.717, 1.165) is 168 Å². The molecule has 0 N–H and O–H groups in total. The van der Waals surface area contributed by atoms with Gasteiger partial charge in [0.15, 0.2) is 0 Å². The summed E-state index contributed by atoms with van der Waals surface area (Å²) in [5.41, 5.74) is 0. The Labute approximate surface area is 581 Å². The molecule has 8 heteroatoms. The van der Waals surface area contributed by atoms with Crippen LogP contribution in [0.4, 0.5) is 0 Å². The molecule has 8 aliphatic carbocycles. The predicted octanol–water partition coefficient (Wildman–Crippen LogP) is 23.9. The highest BCUT2D eigenvalue weighted by molar-refractivity contribution is 5.69. The molecule has 8 rings (SSSR count). The third-order valence-electron chi connectivity index (χ3n) is 29.9. The molecular formula is C86H154O8. The third-order valence-corrected chi connectivity index (χ3v) is 29.9. The quantitative estimate of drug-likeness (QED) is 0.0258. The van der Waals surface area contributed by atoms with Gasteiger partial charge in [-0.25, -0.2) is 19.6 Å². The Kier molecular flexibility index (Phi) is 34.8. The van der Waals surface area contributed by atoms with Crippen molar-refractivity contribution in [3.63, 3.8) is 0 Å². The van der Waals surface area contributed by atoms with Crippen LogP contribution in [0.25, 0.3) is 0 Å².